The maximum Gasteiger partial charge on any atom is 0.257 e. The van der Waals surface area contributed by atoms with Crippen molar-refractivity contribution >= 4 is 11.8 Å². The van der Waals surface area contributed by atoms with Gasteiger partial charge in [-0.1, -0.05) is 12.8 Å². The largest absolute Gasteiger partial charge is 0.368 e. The van der Waals surface area contributed by atoms with Crippen molar-refractivity contribution in [2.45, 2.75) is 25.3 Å². The fourth-order valence-electron chi connectivity index (χ4n) is 1.92. The second-order valence-electron chi connectivity index (χ2n) is 4.85. The van der Waals surface area contributed by atoms with Crippen molar-refractivity contribution in [2.24, 2.45) is 11.7 Å². The summed E-state index contributed by atoms with van der Waals surface area (Å²) >= 11 is 0. The first-order valence-corrected chi connectivity index (χ1v) is 6.13. The number of hydrogen-bond donors (Lipinski definition) is 2. The summed E-state index contributed by atoms with van der Waals surface area (Å²) in [5, 5.41) is 2.19. The van der Waals surface area contributed by atoms with E-state index < -0.39 is 40.9 Å². The van der Waals surface area contributed by atoms with Gasteiger partial charge in [-0.2, -0.15) is 0 Å². The third-order valence-electron chi connectivity index (χ3n) is 3.15. The van der Waals surface area contributed by atoms with Crippen molar-refractivity contribution in [3.63, 3.8) is 0 Å². The first-order valence-electron chi connectivity index (χ1n) is 6.13. The lowest BCUT2D eigenvalue weighted by atomic mass is 10.1. The van der Waals surface area contributed by atoms with E-state index in [1.165, 1.54) is 0 Å². The minimum Gasteiger partial charge on any atom is -0.368 e. The van der Waals surface area contributed by atoms with E-state index in [0.717, 1.165) is 12.8 Å². The summed E-state index contributed by atoms with van der Waals surface area (Å²) in [5.41, 5.74) is 4.22. The van der Waals surface area contributed by atoms with E-state index in [9.17, 15) is 22.8 Å². The SMILES string of the molecule is NC(=O)[C@@H](CC1CC1)NC(=O)c1c(F)cc(F)cc1F. The summed E-state index contributed by atoms with van der Waals surface area (Å²) in [5.74, 6) is -5.38. The number of rotatable bonds is 5. The van der Waals surface area contributed by atoms with Crippen LogP contribution in [0.25, 0.3) is 0 Å². The molecule has 0 aromatic heterocycles. The Hall–Kier alpha value is -2.05. The number of primary amides is 1. The van der Waals surface area contributed by atoms with Crippen LogP contribution in [-0.2, 0) is 4.79 Å². The summed E-state index contributed by atoms with van der Waals surface area (Å²) in [6.45, 7) is 0. The first kappa shape index (κ1) is 14.4. The Kier molecular flexibility index (Phi) is 3.96. The van der Waals surface area contributed by atoms with Crippen LogP contribution in [0.15, 0.2) is 12.1 Å². The van der Waals surface area contributed by atoms with Crippen molar-refractivity contribution in [1.82, 2.24) is 5.32 Å². The normalized spacial score (nSPS) is 15.8. The number of benzene rings is 1. The van der Waals surface area contributed by atoms with Crippen LogP contribution in [0.1, 0.15) is 29.6 Å². The fourth-order valence-corrected chi connectivity index (χ4v) is 1.92. The summed E-state index contributed by atoms with van der Waals surface area (Å²) < 4.78 is 39.6. The van der Waals surface area contributed by atoms with Crippen molar-refractivity contribution < 1.29 is 22.8 Å². The Balaban J connectivity index is 2.15. The van der Waals surface area contributed by atoms with Gasteiger partial charge < -0.3 is 11.1 Å². The van der Waals surface area contributed by atoms with E-state index in [4.69, 9.17) is 5.73 Å². The molecule has 0 bridgehead atoms. The minimum atomic E-state index is -1.32. The minimum absolute atomic E-state index is 0.288. The molecule has 1 aliphatic rings. The Morgan fingerprint density at radius 1 is 1.25 bits per heavy atom. The highest BCUT2D eigenvalue weighted by Gasteiger charge is 2.30. The zero-order chi connectivity index (χ0) is 14.9. The van der Waals surface area contributed by atoms with E-state index in [2.05, 4.69) is 5.32 Å². The average molecular weight is 286 g/mol. The molecule has 20 heavy (non-hydrogen) atoms. The van der Waals surface area contributed by atoms with Crippen LogP contribution in [0.5, 0.6) is 0 Å². The molecule has 0 aliphatic heterocycles. The predicted molar refractivity (Wildman–Crippen MR) is 64.1 cm³/mol. The maximum absolute atomic E-state index is 13.4. The quantitative estimate of drug-likeness (QED) is 0.860. The molecule has 1 aliphatic carbocycles. The molecule has 3 N–H and O–H groups in total. The molecule has 1 aromatic rings. The van der Waals surface area contributed by atoms with Crippen molar-refractivity contribution in [3.05, 3.63) is 35.1 Å². The highest BCUT2D eigenvalue weighted by atomic mass is 19.1. The second kappa shape index (κ2) is 5.52. The Morgan fingerprint density at radius 3 is 2.25 bits per heavy atom. The molecule has 2 rings (SSSR count). The molecule has 1 saturated carbocycles. The molecule has 1 fully saturated rings. The van der Waals surface area contributed by atoms with E-state index in [-0.39, 0.29) is 5.92 Å². The Morgan fingerprint density at radius 2 is 1.80 bits per heavy atom. The number of nitrogens with one attached hydrogen (secondary N) is 1. The third kappa shape index (κ3) is 3.28. The third-order valence-corrected chi connectivity index (χ3v) is 3.15. The van der Waals surface area contributed by atoms with E-state index in [0.29, 0.717) is 18.6 Å². The van der Waals surface area contributed by atoms with Crippen molar-refractivity contribution in [1.29, 1.82) is 0 Å². The highest BCUT2D eigenvalue weighted by molar-refractivity contribution is 5.97. The lowest BCUT2D eigenvalue weighted by Crippen LogP contribution is -2.45. The van der Waals surface area contributed by atoms with Crippen LogP contribution in [0, 0.1) is 23.4 Å². The molecule has 0 saturated heterocycles. The number of amides is 2. The number of nitrogens with two attached hydrogens (primary N) is 1. The van der Waals surface area contributed by atoms with E-state index in [1.54, 1.807) is 0 Å². The molecule has 0 radical (unpaired) electrons. The molecular weight excluding hydrogens is 273 g/mol. The summed E-state index contributed by atoms with van der Waals surface area (Å²) in [6, 6.07) is -0.185. The maximum atomic E-state index is 13.4. The Bertz CT molecular complexity index is 536. The molecule has 108 valence electrons. The van der Waals surface area contributed by atoms with Crippen LogP contribution < -0.4 is 11.1 Å². The van der Waals surface area contributed by atoms with Crippen molar-refractivity contribution in [2.75, 3.05) is 0 Å². The number of hydrogen-bond acceptors (Lipinski definition) is 2. The average Bonchev–Trinajstić information content (AvgIpc) is 3.10. The van der Waals surface area contributed by atoms with Gasteiger partial charge in [0.2, 0.25) is 5.91 Å². The fraction of sp³-hybridized carbons (Fsp3) is 0.385. The van der Waals surface area contributed by atoms with Gasteiger partial charge in [0, 0.05) is 12.1 Å². The number of carbonyl (C=O) groups excluding carboxylic acids is 2. The topological polar surface area (TPSA) is 72.2 Å². The van der Waals surface area contributed by atoms with Crippen LogP contribution in [0.2, 0.25) is 0 Å². The predicted octanol–water partition coefficient (Wildman–Crippen LogP) is 1.49. The molecule has 4 nitrogen and oxygen atoms in total. The lowest BCUT2D eigenvalue weighted by molar-refractivity contribution is -0.120. The molecular formula is C13H13F3N2O2. The summed E-state index contributed by atoms with van der Waals surface area (Å²) in [4.78, 5) is 23.0. The van der Waals surface area contributed by atoms with Gasteiger partial charge in [0.05, 0.1) is 0 Å². The Labute approximate surface area is 113 Å². The lowest BCUT2D eigenvalue weighted by Gasteiger charge is -2.15. The van der Waals surface area contributed by atoms with Gasteiger partial charge in [0.1, 0.15) is 29.1 Å². The second-order valence-corrected chi connectivity index (χ2v) is 4.85. The monoisotopic (exact) mass is 286 g/mol. The zero-order valence-corrected chi connectivity index (χ0v) is 10.5. The number of carbonyl (C=O) groups is 2. The van der Waals surface area contributed by atoms with Gasteiger partial charge in [0.15, 0.2) is 0 Å². The van der Waals surface area contributed by atoms with Crippen LogP contribution in [-0.4, -0.2) is 17.9 Å². The van der Waals surface area contributed by atoms with Gasteiger partial charge in [-0.15, -0.1) is 0 Å². The van der Waals surface area contributed by atoms with Gasteiger partial charge in [-0.05, 0) is 12.3 Å². The highest BCUT2D eigenvalue weighted by Crippen LogP contribution is 2.33. The summed E-state index contributed by atoms with van der Waals surface area (Å²) in [6.07, 6.45) is 2.20. The van der Waals surface area contributed by atoms with Crippen LogP contribution in [0.4, 0.5) is 13.2 Å². The zero-order valence-electron chi connectivity index (χ0n) is 10.5. The molecule has 0 spiro atoms. The van der Waals surface area contributed by atoms with Crippen LogP contribution >= 0.6 is 0 Å². The van der Waals surface area contributed by atoms with Gasteiger partial charge in [-0.25, -0.2) is 13.2 Å². The van der Waals surface area contributed by atoms with Gasteiger partial charge in [0.25, 0.3) is 5.91 Å². The molecule has 2 amide bonds. The molecule has 7 heteroatoms. The molecule has 1 aromatic carbocycles. The van der Waals surface area contributed by atoms with Crippen molar-refractivity contribution in [3.8, 4) is 0 Å². The number of halogens is 3. The standard InChI is InChI=1S/C13H13F3N2O2/c14-7-4-8(15)11(9(16)5-7)13(20)18-10(12(17)19)3-6-1-2-6/h4-6,10H,1-3H2,(H2,17,19)(H,18,20)/t10-/m1/s1. The van der Waals surface area contributed by atoms with Gasteiger partial charge >= 0.3 is 0 Å². The summed E-state index contributed by atoms with van der Waals surface area (Å²) in [7, 11) is 0. The first-order chi connectivity index (χ1) is 9.38. The van der Waals surface area contributed by atoms with E-state index in [1.807, 2.05) is 0 Å². The molecule has 0 heterocycles. The molecule has 1 atom stereocenters. The smallest absolute Gasteiger partial charge is 0.257 e. The van der Waals surface area contributed by atoms with Crippen LogP contribution in [0.3, 0.4) is 0 Å². The van der Waals surface area contributed by atoms with E-state index >= 15 is 0 Å². The molecule has 0 unspecified atom stereocenters. The van der Waals surface area contributed by atoms with Gasteiger partial charge in [-0.3, -0.25) is 9.59 Å².